The van der Waals surface area contributed by atoms with Crippen LogP contribution < -0.4 is 0 Å². The molecule has 4 rings (SSSR count). The number of rotatable bonds is 4. The maximum Gasteiger partial charge on any atom is 0.303 e. The Bertz CT molecular complexity index is 625. The molecule has 0 spiro atoms. The van der Waals surface area contributed by atoms with Crippen LogP contribution in [0.3, 0.4) is 0 Å². The van der Waals surface area contributed by atoms with Crippen molar-refractivity contribution in [3.05, 3.63) is 11.6 Å². The van der Waals surface area contributed by atoms with Crippen molar-refractivity contribution in [1.82, 2.24) is 0 Å². The van der Waals surface area contributed by atoms with E-state index in [9.17, 15) is 15.0 Å². The third kappa shape index (κ3) is 2.99. The Hall–Kier alpha value is -0.830. The number of hydrogen-bond acceptors (Lipinski definition) is 2. The molecule has 3 nitrogen and oxygen atoms in total. The summed E-state index contributed by atoms with van der Waals surface area (Å²) in [7, 11) is 0. The first-order chi connectivity index (χ1) is 12.8. The summed E-state index contributed by atoms with van der Waals surface area (Å²) in [6, 6.07) is 0. The lowest BCUT2D eigenvalue weighted by atomic mass is 9.47. The van der Waals surface area contributed by atoms with Crippen LogP contribution >= 0.6 is 0 Å². The van der Waals surface area contributed by atoms with Crippen LogP contribution in [0.2, 0.25) is 0 Å². The number of carboxylic acids is 1. The molecular formula is C24H38O3. The van der Waals surface area contributed by atoms with Gasteiger partial charge in [0.2, 0.25) is 0 Å². The highest BCUT2D eigenvalue weighted by atomic mass is 16.4. The van der Waals surface area contributed by atoms with Crippen molar-refractivity contribution in [3.8, 4) is 0 Å². The lowest BCUT2D eigenvalue weighted by Gasteiger charge is -2.58. The summed E-state index contributed by atoms with van der Waals surface area (Å²) in [5.41, 5.74) is 2.50. The van der Waals surface area contributed by atoms with E-state index in [1.165, 1.54) is 32.1 Å². The van der Waals surface area contributed by atoms with Crippen molar-refractivity contribution < 1.29 is 15.0 Å². The van der Waals surface area contributed by atoms with E-state index in [2.05, 4.69) is 26.8 Å². The van der Waals surface area contributed by atoms with Gasteiger partial charge >= 0.3 is 5.97 Å². The average molecular weight is 375 g/mol. The minimum atomic E-state index is -0.626. The maximum atomic E-state index is 11.2. The highest BCUT2D eigenvalue weighted by Crippen LogP contribution is 2.67. The van der Waals surface area contributed by atoms with Gasteiger partial charge in [-0.05, 0) is 97.7 Å². The molecule has 3 fully saturated rings. The van der Waals surface area contributed by atoms with Gasteiger partial charge in [-0.15, -0.1) is 0 Å². The van der Waals surface area contributed by atoms with E-state index in [0.29, 0.717) is 59.4 Å². The Labute approximate surface area is 164 Å². The predicted octanol–water partition coefficient (Wildman–Crippen LogP) is 5.28. The van der Waals surface area contributed by atoms with Crippen LogP contribution in [0.5, 0.6) is 0 Å². The summed E-state index contributed by atoms with van der Waals surface area (Å²) in [4.78, 5) is 11.2. The van der Waals surface area contributed by atoms with E-state index >= 15 is 0 Å². The molecule has 0 aromatic heterocycles. The second-order valence-corrected chi connectivity index (χ2v) is 10.9. The van der Waals surface area contributed by atoms with Gasteiger partial charge in [0, 0.05) is 13.0 Å². The Kier molecular flexibility index (Phi) is 4.98. The number of aliphatic hydroxyl groups excluding tert-OH is 1. The van der Waals surface area contributed by atoms with Crippen molar-refractivity contribution in [2.24, 2.45) is 46.3 Å². The Morgan fingerprint density at radius 1 is 1.15 bits per heavy atom. The lowest BCUT2D eigenvalue weighted by molar-refractivity contribution is -0.139. The molecule has 27 heavy (non-hydrogen) atoms. The molecule has 2 N–H and O–H groups in total. The van der Waals surface area contributed by atoms with Crippen molar-refractivity contribution in [2.45, 2.75) is 78.6 Å². The zero-order valence-electron chi connectivity index (χ0n) is 17.4. The van der Waals surface area contributed by atoms with Crippen molar-refractivity contribution in [2.75, 3.05) is 6.61 Å². The molecular weight excluding hydrogens is 336 g/mol. The molecule has 4 aliphatic carbocycles. The quantitative estimate of drug-likeness (QED) is 0.658. The number of carbonyl (C=O) groups is 1. The molecule has 8 atom stereocenters. The van der Waals surface area contributed by atoms with Gasteiger partial charge in [-0.3, -0.25) is 4.79 Å². The van der Waals surface area contributed by atoms with Crippen LogP contribution in [0.25, 0.3) is 0 Å². The van der Waals surface area contributed by atoms with Gasteiger partial charge in [-0.2, -0.15) is 0 Å². The van der Waals surface area contributed by atoms with Crippen LogP contribution in [0.4, 0.5) is 0 Å². The summed E-state index contributed by atoms with van der Waals surface area (Å²) < 4.78 is 0. The first-order valence-corrected chi connectivity index (χ1v) is 11.3. The van der Waals surface area contributed by atoms with Crippen molar-refractivity contribution in [1.29, 1.82) is 0 Å². The van der Waals surface area contributed by atoms with Gasteiger partial charge in [0.05, 0.1) is 0 Å². The topological polar surface area (TPSA) is 57.5 Å². The molecule has 0 aromatic carbocycles. The summed E-state index contributed by atoms with van der Waals surface area (Å²) in [6.07, 6.45) is 12.7. The number of allylic oxidation sites excluding steroid dienone is 2. The summed E-state index contributed by atoms with van der Waals surface area (Å²) in [5.74, 6) is 2.92. The average Bonchev–Trinajstić information content (AvgIpc) is 2.98. The minimum absolute atomic E-state index is 0.320. The highest BCUT2D eigenvalue weighted by Gasteiger charge is 2.58. The van der Waals surface area contributed by atoms with Gasteiger partial charge in [-0.25, -0.2) is 0 Å². The van der Waals surface area contributed by atoms with Crippen LogP contribution in [0.15, 0.2) is 11.6 Å². The number of fused-ring (bicyclic) bond motifs is 5. The molecule has 3 heteroatoms. The monoisotopic (exact) mass is 374 g/mol. The van der Waals surface area contributed by atoms with Gasteiger partial charge < -0.3 is 10.2 Å². The third-order valence-electron chi connectivity index (χ3n) is 9.70. The van der Waals surface area contributed by atoms with Gasteiger partial charge in [0.1, 0.15) is 0 Å². The van der Waals surface area contributed by atoms with Gasteiger partial charge in [0.25, 0.3) is 0 Å². The molecule has 0 aliphatic heterocycles. The molecule has 0 radical (unpaired) electrons. The van der Waals surface area contributed by atoms with Crippen LogP contribution in [-0.4, -0.2) is 22.8 Å². The number of aliphatic carboxylic acids is 1. The second-order valence-electron chi connectivity index (χ2n) is 10.9. The standard InChI is InChI=1S/C24H38O3/c1-15(14-25)19-6-7-20-18-5-4-17-12-16(13-22(26)27)8-10-23(17,2)21(18)9-11-24(19,20)3/h5,15-17,19-21,25H,4,6-14H2,1-3H3,(H,26,27)/t15-,16-,17?,19+,20-,21-,23-,24+/m0/s1. The Morgan fingerprint density at radius 2 is 1.85 bits per heavy atom. The lowest BCUT2D eigenvalue weighted by Crippen LogP contribution is -2.49. The fourth-order valence-electron chi connectivity index (χ4n) is 8.14. The van der Waals surface area contributed by atoms with E-state index in [-0.39, 0.29) is 0 Å². The molecule has 152 valence electrons. The number of hydrogen-bond donors (Lipinski definition) is 2. The van der Waals surface area contributed by atoms with Crippen molar-refractivity contribution in [3.63, 3.8) is 0 Å². The van der Waals surface area contributed by atoms with Gasteiger partial charge in [-0.1, -0.05) is 32.4 Å². The number of aliphatic hydroxyl groups is 1. The fourth-order valence-corrected chi connectivity index (χ4v) is 8.14. The fraction of sp³-hybridized carbons (Fsp3) is 0.875. The Balaban J connectivity index is 1.57. The van der Waals surface area contributed by atoms with E-state index in [0.717, 1.165) is 19.3 Å². The van der Waals surface area contributed by atoms with Crippen molar-refractivity contribution >= 4 is 5.97 Å². The summed E-state index contributed by atoms with van der Waals surface area (Å²) in [6.45, 7) is 7.59. The Morgan fingerprint density at radius 3 is 2.56 bits per heavy atom. The normalized spacial score (nSPS) is 47.4. The first kappa shape index (κ1) is 19.5. The first-order valence-electron chi connectivity index (χ1n) is 11.3. The molecule has 4 aliphatic rings. The SMILES string of the molecule is C[C@@H](CO)[C@H]1CC[C@H]2C3=CCC4C[C@@H](CC(=O)O)CC[C@]4(C)[C@H]3CC[C@]12C. The molecule has 0 amide bonds. The molecule has 1 unspecified atom stereocenters. The van der Waals surface area contributed by atoms with E-state index < -0.39 is 5.97 Å². The summed E-state index contributed by atoms with van der Waals surface area (Å²) >= 11 is 0. The van der Waals surface area contributed by atoms with E-state index in [1.807, 2.05) is 0 Å². The largest absolute Gasteiger partial charge is 0.481 e. The van der Waals surface area contributed by atoms with Crippen LogP contribution in [0, 0.1) is 46.3 Å². The second kappa shape index (κ2) is 6.90. The smallest absolute Gasteiger partial charge is 0.303 e. The molecule has 0 aromatic rings. The molecule has 0 heterocycles. The maximum absolute atomic E-state index is 11.2. The highest BCUT2D eigenvalue weighted by molar-refractivity contribution is 5.67. The zero-order valence-corrected chi connectivity index (χ0v) is 17.4. The summed E-state index contributed by atoms with van der Waals surface area (Å²) in [5, 5.41) is 19.0. The molecule has 3 saturated carbocycles. The van der Waals surface area contributed by atoms with E-state index in [4.69, 9.17) is 0 Å². The van der Waals surface area contributed by atoms with Crippen LogP contribution in [0.1, 0.15) is 78.6 Å². The molecule has 0 bridgehead atoms. The van der Waals surface area contributed by atoms with Gasteiger partial charge in [0.15, 0.2) is 0 Å². The minimum Gasteiger partial charge on any atom is -0.481 e. The predicted molar refractivity (Wildman–Crippen MR) is 107 cm³/mol. The zero-order chi connectivity index (χ0) is 19.4. The van der Waals surface area contributed by atoms with Crippen LogP contribution in [-0.2, 0) is 4.79 Å². The van der Waals surface area contributed by atoms with E-state index in [1.54, 1.807) is 5.57 Å². The molecule has 0 saturated heterocycles. The third-order valence-corrected chi connectivity index (χ3v) is 9.70. The number of carboxylic acid groups (broad SMARTS) is 1.